The third kappa shape index (κ3) is 3.18. The van der Waals surface area contributed by atoms with Gasteiger partial charge in [0.1, 0.15) is 0 Å². The number of quaternary nitrogens is 1. The second kappa shape index (κ2) is 6.38. The van der Waals surface area contributed by atoms with E-state index in [-0.39, 0.29) is 11.9 Å². The van der Waals surface area contributed by atoms with Gasteiger partial charge in [-0.3, -0.25) is 4.79 Å². The lowest BCUT2D eigenvalue weighted by atomic mass is 9.54. The van der Waals surface area contributed by atoms with E-state index in [1.807, 2.05) is 0 Å². The molecule has 5 aliphatic rings. The molecule has 0 aromatic rings. The Bertz CT molecular complexity index is 421. The number of hydrogen-bond donors (Lipinski definition) is 2. The summed E-state index contributed by atoms with van der Waals surface area (Å²) in [6.45, 7) is 4.43. The molecule has 0 spiro atoms. The first-order valence-corrected chi connectivity index (χ1v) is 10.3. The molecule has 3 atom stereocenters. The van der Waals surface area contributed by atoms with Gasteiger partial charge in [-0.2, -0.15) is 0 Å². The normalized spacial score (nSPS) is 46.6. The van der Waals surface area contributed by atoms with Crippen molar-refractivity contribution >= 4 is 5.91 Å². The summed E-state index contributed by atoms with van der Waals surface area (Å²) < 4.78 is 0. The molecule has 23 heavy (non-hydrogen) atoms. The van der Waals surface area contributed by atoms with Crippen LogP contribution in [0.4, 0.5) is 0 Å². The predicted octanol–water partition coefficient (Wildman–Crippen LogP) is 2.46. The molecule has 5 aliphatic carbocycles. The van der Waals surface area contributed by atoms with Crippen LogP contribution in [0, 0.1) is 29.6 Å². The van der Waals surface area contributed by atoms with Crippen molar-refractivity contribution in [1.82, 2.24) is 5.32 Å². The highest BCUT2D eigenvalue weighted by molar-refractivity contribution is 5.80. The highest BCUT2D eigenvalue weighted by Gasteiger charge is 2.50. The smallest absolute Gasteiger partial charge is 0.278 e. The molecule has 0 aromatic carbocycles. The van der Waals surface area contributed by atoms with Crippen molar-refractivity contribution in [2.24, 2.45) is 29.6 Å². The second-order valence-corrected chi connectivity index (χ2v) is 9.37. The summed E-state index contributed by atoms with van der Waals surface area (Å²) in [7, 11) is 0. The van der Waals surface area contributed by atoms with Crippen LogP contribution < -0.4 is 10.6 Å². The minimum Gasteiger partial charge on any atom is -0.348 e. The molecule has 3 heteroatoms. The number of carbonyl (C=O) groups is 1. The standard InChI is InChI=1S/C20H34N2O/c1-12-5-3-4-6-18(12)22-20(23)13(2)21-19-16-8-14-7-15(10-16)11-17(19)9-14/h12-19,21H,3-11H2,1-2H3,(H,22,23)/p+1/t12-,13+,14?,15?,16?,17?,18-,19?/m0/s1. The van der Waals surface area contributed by atoms with Gasteiger partial charge in [0.25, 0.3) is 5.91 Å². The lowest BCUT2D eigenvalue weighted by molar-refractivity contribution is -0.725. The molecule has 0 heterocycles. The first-order chi connectivity index (χ1) is 11.1. The number of nitrogens with one attached hydrogen (secondary N) is 1. The van der Waals surface area contributed by atoms with Crippen LogP contribution >= 0.6 is 0 Å². The summed E-state index contributed by atoms with van der Waals surface area (Å²) in [6, 6.07) is 1.24. The average molecular weight is 320 g/mol. The van der Waals surface area contributed by atoms with E-state index >= 15 is 0 Å². The maximum absolute atomic E-state index is 12.7. The fraction of sp³-hybridized carbons (Fsp3) is 0.950. The molecule has 5 rings (SSSR count). The van der Waals surface area contributed by atoms with Crippen molar-refractivity contribution in [3.8, 4) is 0 Å². The Morgan fingerprint density at radius 3 is 2.22 bits per heavy atom. The number of nitrogens with two attached hydrogens (primary N) is 1. The maximum atomic E-state index is 12.7. The van der Waals surface area contributed by atoms with Crippen LogP contribution in [0.15, 0.2) is 0 Å². The van der Waals surface area contributed by atoms with Gasteiger partial charge in [-0.1, -0.05) is 19.8 Å². The molecule has 3 nitrogen and oxygen atoms in total. The fourth-order valence-corrected chi connectivity index (χ4v) is 6.55. The van der Waals surface area contributed by atoms with Crippen LogP contribution in [0.1, 0.15) is 71.6 Å². The van der Waals surface area contributed by atoms with Gasteiger partial charge >= 0.3 is 0 Å². The van der Waals surface area contributed by atoms with Crippen molar-refractivity contribution in [2.75, 3.05) is 0 Å². The Morgan fingerprint density at radius 2 is 1.61 bits per heavy atom. The zero-order valence-corrected chi connectivity index (χ0v) is 15.0. The molecule has 0 aliphatic heterocycles. The monoisotopic (exact) mass is 319 g/mol. The summed E-state index contributed by atoms with van der Waals surface area (Å²) in [5, 5.41) is 5.83. The van der Waals surface area contributed by atoms with Gasteiger partial charge in [0, 0.05) is 17.9 Å². The molecule has 0 unspecified atom stereocenters. The Balaban J connectivity index is 1.32. The molecule has 5 saturated carbocycles. The first-order valence-electron chi connectivity index (χ1n) is 10.3. The van der Waals surface area contributed by atoms with E-state index < -0.39 is 0 Å². The summed E-state index contributed by atoms with van der Waals surface area (Å²) in [4.78, 5) is 12.7. The van der Waals surface area contributed by atoms with Crippen molar-refractivity contribution < 1.29 is 10.1 Å². The zero-order valence-electron chi connectivity index (χ0n) is 15.0. The molecule has 3 N–H and O–H groups in total. The van der Waals surface area contributed by atoms with E-state index in [0.717, 1.165) is 29.7 Å². The minimum atomic E-state index is 0.0895. The minimum absolute atomic E-state index is 0.0895. The lowest BCUT2D eigenvalue weighted by Gasteiger charge is -2.53. The number of carbonyl (C=O) groups excluding carboxylic acids is 1. The van der Waals surface area contributed by atoms with Crippen LogP contribution in [0.2, 0.25) is 0 Å². The quantitative estimate of drug-likeness (QED) is 0.821. The van der Waals surface area contributed by atoms with Crippen LogP contribution in [0.5, 0.6) is 0 Å². The molecular formula is C20H35N2O+. The summed E-state index contributed by atoms with van der Waals surface area (Å²) >= 11 is 0. The molecule has 0 radical (unpaired) electrons. The summed E-state index contributed by atoms with van der Waals surface area (Å²) in [6.07, 6.45) is 12.4. The van der Waals surface area contributed by atoms with Crippen LogP contribution in [0.3, 0.4) is 0 Å². The highest BCUT2D eigenvalue weighted by Crippen LogP contribution is 2.52. The number of amides is 1. The fourth-order valence-electron chi connectivity index (χ4n) is 6.55. The molecule has 0 aromatic heterocycles. The predicted molar refractivity (Wildman–Crippen MR) is 91.8 cm³/mol. The van der Waals surface area contributed by atoms with Gasteiger partial charge in [-0.15, -0.1) is 0 Å². The Kier molecular flexibility index (Phi) is 4.42. The summed E-state index contributed by atoms with van der Waals surface area (Å²) in [5.74, 6) is 4.78. The first kappa shape index (κ1) is 15.9. The van der Waals surface area contributed by atoms with E-state index in [0.29, 0.717) is 12.0 Å². The molecule has 5 fully saturated rings. The third-order valence-corrected chi connectivity index (χ3v) is 7.66. The third-order valence-electron chi connectivity index (χ3n) is 7.66. The number of hydrogen-bond acceptors (Lipinski definition) is 1. The topological polar surface area (TPSA) is 45.7 Å². The number of rotatable bonds is 4. The highest BCUT2D eigenvalue weighted by atomic mass is 16.2. The molecule has 1 amide bonds. The average Bonchev–Trinajstić information content (AvgIpc) is 2.52. The molecule has 130 valence electrons. The van der Waals surface area contributed by atoms with Gasteiger partial charge in [0.05, 0.1) is 6.04 Å². The summed E-state index contributed by atoms with van der Waals surface area (Å²) in [5.41, 5.74) is 0. The Hall–Kier alpha value is -0.570. The SMILES string of the molecule is C[C@@H]([NH2+]C1C2CC3CC(C2)CC1C3)C(=O)N[C@H]1CCCC[C@@H]1C. The van der Waals surface area contributed by atoms with E-state index in [1.54, 1.807) is 0 Å². The van der Waals surface area contributed by atoms with Crippen molar-refractivity contribution in [3.05, 3.63) is 0 Å². The largest absolute Gasteiger partial charge is 0.348 e. The lowest BCUT2D eigenvalue weighted by Crippen LogP contribution is -3.00. The van der Waals surface area contributed by atoms with Gasteiger partial charge in [-0.25, -0.2) is 0 Å². The van der Waals surface area contributed by atoms with E-state index in [2.05, 4.69) is 24.5 Å². The van der Waals surface area contributed by atoms with Crippen LogP contribution in [-0.2, 0) is 4.79 Å². The van der Waals surface area contributed by atoms with Gasteiger partial charge in [0.15, 0.2) is 6.04 Å². The van der Waals surface area contributed by atoms with E-state index in [1.165, 1.54) is 57.8 Å². The van der Waals surface area contributed by atoms with Gasteiger partial charge in [0.2, 0.25) is 0 Å². The van der Waals surface area contributed by atoms with E-state index in [4.69, 9.17) is 0 Å². The molecule has 4 bridgehead atoms. The molecular weight excluding hydrogens is 284 g/mol. The van der Waals surface area contributed by atoms with Crippen LogP contribution in [-0.4, -0.2) is 24.0 Å². The van der Waals surface area contributed by atoms with Gasteiger partial charge in [-0.05, 0) is 69.6 Å². The van der Waals surface area contributed by atoms with Crippen LogP contribution in [0.25, 0.3) is 0 Å². The Labute approximate surface area is 141 Å². The zero-order chi connectivity index (χ0) is 16.0. The maximum Gasteiger partial charge on any atom is 0.278 e. The van der Waals surface area contributed by atoms with Crippen molar-refractivity contribution in [1.29, 1.82) is 0 Å². The Morgan fingerprint density at radius 1 is 1.00 bits per heavy atom. The van der Waals surface area contributed by atoms with Crippen molar-refractivity contribution in [2.45, 2.75) is 89.8 Å². The second-order valence-electron chi connectivity index (χ2n) is 9.37. The molecule has 0 saturated heterocycles. The van der Waals surface area contributed by atoms with Crippen molar-refractivity contribution in [3.63, 3.8) is 0 Å². The van der Waals surface area contributed by atoms with E-state index in [9.17, 15) is 4.79 Å². The van der Waals surface area contributed by atoms with Gasteiger partial charge < -0.3 is 10.6 Å².